The number of nitrogens with one attached hydrogen (secondary N) is 1. The molecule has 0 saturated carbocycles. The van der Waals surface area contributed by atoms with Gasteiger partial charge in [0, 0.05) is 30.7 Å². The van der Waals surface area contributed by atoms with E-state index in [2.05, 4.69) is 53.8 Å². The minimum atomic E-state index is 0.211. The molecule has 1 aromatic heterocycles. The van der Waals surface area contributed by atoms with Gasteiger partial charge in [0.2, 0.25) is 0 Å². The zero-order valence-electron chi connectivity index (χ0n) is 14.2. The summed E-state index contributed by atoms with van der Waals surface area (Å²) in [7, 11) is 0. The van der Waals surface area contributed by atoms with E-state index in [0.717, 1.165) is 17.7 Å². The highest BCUT2D eigenvalue weighted by Crippen LogP contribution is 2.23. The van der Waals surface area contributed by atoms with Gasteiger partial charge in [0.1, 0.15) is 5.15 Å². The molecule has 0 aliphatic heterocycles. The van der Waals surface area contributed by atoms with Crippen LogP contribution in [0.5, 0.6) is 0 Å². The Kier molecular flexibility index (Phi) is 5.39. The number of aliphatic hydroxyl groups is 1. The number of nitrogens with zero attached hydrogens (tertiary/aromatic N) is 2. The van der Waals surface area contributed by atoms with Crippen molar-refractivity contribution >= 4 is 11.6 Å². The lowest BCUT2D eigenvalue weighted by Gasteiger charge is -2.12. The first-order valence-corrected chi connectivity index (χ1v) is 8.74. The summed E-state index contributed by atoms with van der Waals surface area (Å²) in [6.07, 6.45) is 5.14. The van der Waals surface area contributed by atoms with Gasteiger partial charge >= 0.3 is 0 Å². The molecular formula is C19H24ClN3O. The van der Waals surface area contributed by atoms with E-state index >= 15 is 0 Å². The van der Waals surface area contributed by atoms with E-state index in [1.54, 1.807) is 0 Å². The molecule has 0 fully saturated rings. The smallest absolute Gasteiger partial charge is 0.132 e. The molecule has 24 heavy (non-hydrogen) atoms. The quantitative estimate of drug-likeness (QED) is 0.790. The number of aromatic nitrogens is 2. The predicted octanol–water partition coefficient (Wildman–Crippen LogP) is 3.23. The highest BCUT2D eigenvalue weighted by Gasteiger charge is 2.19. The van der Waals surface area contributed by atoms with Crippen LogP contribution in [0.3, 0.4) is 0 Å². The summed E-state index contributed by atoms with van der Waals surface area (Å²) in [5.74, 6) is 0.267. The first kappa shape index (κ1) is 17.2. The molecule has 0 unspecified atom stereocenters. The summed E-state index contributed by atoms with van der Waals surface area (Å²) in [5.41, 5.74) is 4.44. The summed E-state index contributed by atoms with van der Waals surface area (Å²) in [5, 5.41) is 18.0. The summed E-state index contributed by atoms with van der Waals surface area (Å²) in [6.45, 7) is 5.65. The average Bonchev–Trinajstić information content (AvgIpc) is 3.13. The lowest BCUT2D eigenvalue weighted by Crippen LogP contribution is -2.26. The van der Waals surface area contributed by atoms with Crippen molar-refractivity contribution in [2.75, 3.05) is 6.61 Å². The van der Waals surface area contributed by atoms with Crippen molar-refractivity contribution in [1.29, 1.82) is 0 Å². The number of hydrogen-bond acceptors (Lipinski definition) is 3. The molecular weight excluding hydrogens is 322 g/mol. The Morgan fingerprint density at radius 1 is 1.25 bits per heavy atom. The fraction of sp³-hybridized carbons (Fsp3) is 0.421. The molecule has 1 heterocycles. The third kappa shape index (κ3) is 3.89. The molecule has 0 radical (unpaired) electrons. The number of hydrogen-bond donors (Lipinski definition) is 2. The van der Waals surface area contributed by atoms with Gasteiger partial charge in [-0.05, 0) is 25.8 Å². The molecule has 3 rings (SSSR count). The molecule has 0 bridgehead atoms. The lowest BCUT2D eigenvalue weighted by atomic mass is 10.1. The highest BCUT2D eigenvalue weighted by molar-refractivity contribution is 6.30. The molecule has 0 saturated heterocycles. The van der Waals surface area contributed by atoms with Crippen LogP contribution in [0.1, 0.15) is 28.8 Å². The van der Waals surface area contributed by atoms with Crippen LogP contribution in [0.4, 0.5) is 0 Å². The third-order valence-electron chi connectivity index (χ3n) is 4.58. The van der Waals surface area contributed by atoms with Crippen molar-refractivity contribution in [2.45, 2.75) is 39.4 Å². The van der Waals surface area contributed by atoms with Crippen molar-refractivity contribution in [3.8, 4) is 0 Å². The van der Waals surface area contributed by atoms with Gasteiger partial charge in [-0.25, -0.2) is 4.68 Å². The van der Waals surface area contributed by atoms with Gasteiger partial charge in [0.15, 0.2) is 0 Å². The normalized spacial score (nSPS) is 20.0. The third-order valence-corrected chi connectivity index (χ3v) is 5.01. The van der Waals surface area contributed by atoms with Crippen LogP contribution >= 0.6 is 11.6 Å². The van der Waals surface area contributed by atoms with E-state index in [0.29, 0.717) is 18.2 Å². The maximum atomic E-state index is 9.20. The first-order chi connectivity index (χ1) is 11.6. The summed E-state index contributed by atoms with van der Waals surface area (Å²) < 4.78 is 1.86. The van der Waals surface area contributed by atoms with Gasteiger partial charge in [-0.1, -0.05) is 53.6 Å². The van der Waals surface area contributed by atoms with Crippen molar-refractivity contribution in [3.63, 3.8) is 0 Å². The Balaban J connectivity index is 1.65. The second-order valence-electron chi connectivity index (χ2n) is 6.55. The molecule has 5 heteroatoms. The van der Waals surface area contributed by atoms with Crippen LogP contribution in [0, 0.1) is 19.8 Å². The van der Waals surface area contributed by atoms with Crippen LogP contribution in [0.2, 0.25) is 5.15 Å². The number of rotatable bonds is 6. The van der Waals surface area contributed by atoms with Crippen LogP contribution in [-0.4, -0.2) is 27.5 Å². The van der Waals surface area contributed by atoms with E-state index in [1.807, 2.05) is 11.6 Å². The van der Waals surface area contributed by atoms with Crippen LogP contribution in [-0.2, 0) is 13.1 Å². The minimum absolute atomic E-state index is 0.211. The monoisotopic (exact) mass is 345 g/mol. The van der Waals surface area contributed by atoms with Crippen molar-refractivity contribution < 1.29 is 5.11 Å². The molecule has 2 atom stereocenters. The van der Waals surface area contributed by atoms with E-state index < -0.39 is 0 Å². The van der Waals surface area contributed by atoms with E-state index in [1.165, 1.54) is 11.1 Å². The molecule has 1 aliphatic carbocycles. The van der Waals surface area contributed by atoms with E-state index in [-0.39, 0.29) is 18.6 Å². The van der Waals surface area contributed by atoms with Gasteiger partial charge in [-0.3, -0.25) is 0 Å². The van der Waals surface area contributed by atoms with Gasteiger partial charge < -0.3 is 10.4 Å². The average molecular weight is 346 g/mol. The first-order valence-electron chi connectivity index (χ1n) is 8.36. The van der Waals surface area contributed by atoms with Gasteiger partial charge in [0.25, 0.3) is 0 Å². The summed E-state index contributed by atoms with van der Waals surface area (Å²) in [6, 6.07) is 8.72. The molecule has 1 aromatic carbocycles. The Labute approximate surface area is 148 Å². The van der Waals surface area contributed by atoms with E-state index in [4.69, 9.17) is 11.6 Å². The minimum Gasteiger partial charge on any atom is -0.396 e. The maximum Gasteiger partial charge on any atom is 0.132 e. The molecule has 0 amide bonds. The lowest BCUT2D eigenvalue weighted by molar-refractivity contribution is 0.246. The predicted molar refractivity (Wildman–Crippen MR) is 97.2 cm³/mol. The molecule has 4 nitrogen and oxygen atoms in total. The number of halogens is 1. The number of benzene rings is 1. The van der Waals surface area contributed by atoms with Gasteiger partial charge in [0.05, 0.1) is 12.2 Å². The molecule has 2 aromatic rings. The van der Waals surface area contributed by atoms with Crippen molar-refractivity contribution in [3.05, 3.63) is 64.0 Å². The SMILES string of the molecule is Cc1ccc(Cn2nc(C)c(CN[C@@H]3C=C[C@H](CO)C3)c2Cl)cc1. The van der Waals surface area contributed by atoms with Crippen molar-refractivity contribution in [1.82, 2.24) is 15.1 Å². The Morgan fingerprint density at radius 3 is 2.67 bits per heavy atom. The molecule has 128 valence electrons. The topological polar surface area (TPSA) is 50.1 Å². The Hall–Kier alpha value is -1.62. The Bertz CT molecular complexity index is 721. The van der Waals surface area contributed by atoms with Gasteiger partial charge in [-0.2, -0.15) is 5.10 Å². The molecule has 2 N–H and O–H groups in total. The standard InChI is InChI=1S/C19H24ClN3O/c1-13-3-5-15(6-4-13)11-23-19(20)18(14(2)22-23)10-21-17-8-7-16(9-17)12-24/h3-8,16-17,21,24H,9-12H2,1-2H3/t16-,17+/m0/s1. The second kappa shape index (κ2) is 7.51. The zero-order chi connectivity index (χ0) is 17.1. The number of aryl methyl sites for hydroxylation is 2. The molecule has 1 aliphatic rings. The second-order valence-corrected chi connectivity index (χ2v) is 6.91. The zero-order valence-corrected chi connectivity index (χ0v) is 14.9. The fourth-order valence-corrected chi connectivity index (χ4v) is 3.36. The largest absolute Gasteiger partial charge is 0.396 e. The fourth-order valence-electron chi connectivity index (χ4n) is 3.06. The molecule has 0 spiro atoms. The summed E-state index contributed by atoms with van der Waals surface area (Å²) >= 11 is 6.55. The number of aliphatic hydroxyl groups excluding tert-OH is 1. The highest BCUT2D eigenvalue weighted by atomic mass is 35.5. The van der Waals surface area contributed by atoms with E-state index in [9.17, 15) is 5.11 Å². The van der Waals surface area contributed by atoms with Gasteiger partial charge in [-0.15, -0.1) is 0 Å². The van der Waals surface area contributed by atoms with Crippen LogP contribution < -0.4 is 5.32 Å². The van der Waals surface area contributed by atoms with Crippen LogP contribution in [0.15, 0.2) is 36.4 Å². The maximum absolute atomic E-state index is 9.20. The summed E-state index contributed by atoms with van der Waals surface area (Å²) in [4.78, 5) is 0. The van der Waals surface area contributed by atoms with Crippen molar-refractivity contribution in [2.24, 2.45) is 5.92 Å². The van der Waals surface area contributed by atoms with Crippen LogP contribution in [0.25, 0.3) is 0 Å². The Morgan fingerprint density at radius 2 is 2.00 bits per heavy atom.